The Morgan fingerprint density at radius 3 is 1.58 bits per heavy atom. The van der Waals surface area contributed by atoms with E-state index in [4.69, 9.17) is 14.6 Å². The normalized spacial score (nSPS) is 13.0. The summed E-state index contributed by atoms with van der Waals surface area (Å²) in [5.41, 5.74) is 1.10. The number of ether oxygens (including phenoxy) is 2. The van der Waals surface area contributed by atoms with Crippen molar-refractivity contribution >= 4 is 23.9 Å². The first-order valence-electron chi connectivity index (χ1n) is 13.1. The Morgan fingerprint density at radius 2 is 1.21 bits per heavy atom. The van der Waals surface area contributed by atoms with Crippen molar-refractivity contribution in [2.24, 2.45) is 0 Å². The van der Waals surface area contributed by atoms with Crippen molar-refractivity contribution in [2.45, 2.75) is 51.2 Å². The van der Waals surface area contributed by atoms with Gasteiger partial charge in [0.15, 0.2) is 0 Å². The van der Waals surface area contributed by atoms with Crippen LogP contribution in [0.2, 0.25) is 0 Å². The number of rotatable bonds is 11. The summed E-state index contributed by atoms with van der Waals surface area (Å²) >= 11 is 0. The first-order chi connectivity index (χ1) is 20.2. The van der Waals surface area contributed by atoms with Crippen LogP contribution in [0.25, 0.3) is 0 Å². The molecule has 3 rings (SSSR count). The standard InChI is InChI=1S/C18H14O8.C13H21NO3/c19-15(20)13(25-17(23)11-7-3-1-4-8-11)14(16(21)22)26-18(24)12-9-5-2-6-10-12;1-13(2,3)14-7-12(17)9-4-5-11(16)10(6-9)8-15/h1-10,13-14H,(H,19,20)(H,21,22);4-6,12,14-17H,7-8H2,1-3H3/t;12-/m.0/s1. The summed E-state index contributed by atoms with van der Waals surface area (Å²) in [5.74, 6) is -5.59. The maximum absolute atomic E-state index is 12.0. The molecule has 0 amide bonds. The van der Waals surface area contributed by atoms with Crippen LogP contribution in [0.3, 0.4) is 0 Å². The largest absolute Gasteiger partial charge is 0.508 e. The lowest BCUT2D eigenvalue weighted by molar-refractivity contribution is -0.166. The lowest BCUT2D eigenvalue weighted by Crippen LogP contribution is -2.45. The van der Waals surface area contributed by atoms with E-state index in [1.165, 1.54) is 54.6 Å². The van der Waals surface area contributed by atoms with Gasteiger partial charge in [0.25, 0.3) is 0 Å². The molecule has 0 aliphatic carbocycles. The Balaban J connectivity index is 0.000000329. The maximum atomic E-state index is 12.0. The number of carbonyl (C=O) groups is 4. The molecule has 6 N–H and O–H groups in total. The number of esters is 2. The minimum Gasteiger partial charge on any atom is -0.508 e. The average molecular weight is 598 g/mol. The topological polar surface area (TPSA) is 200 Å². The molecule has 2 unspecified atom stereocenters. The minimum atomic E-state index is -2.21. The molecule has 12 heteroatoms. The maximum Gasteiger partial charge on any atom is 0.349 e. The van der Waals surface area contributed by atoms with Crippen LogP contribution in [0.5, 0.6) is 5.75 Å². The van der Waals surface area contributed by atoms with Crippen molar-refractivity contribution in [1.29, 1.82) is 0 Å². The molecular formula is C31H35NO11. The zero-order valence-corrected chi connectivity index (χ0v) is 23.8. The van der Waals surface area contributed by atoms with Crippen LogP contribution in [-0.2, 0) is 25.7 Å². The average Bonchev–Trinajstić information content (AvgIpc) is 2.98. The highest BCUT2D eigenvalue weighted by Gasteiger charge is 2.41. The number of hydrogen-bond acceptors (Lipinski definition) is 10. The number of carboxylic acids is 2. The van der Waals surface area contributed by atoms with Gasteiger partial charge >= 0.3 is 23.9 Å². The predicted octanol–water partition coefficient (Wildman–Crippen LogP) is 2.91. The monoisotopic (exact) mass is 597 g/mol. The molecule has 3 aromatic carbocycles. The van der Waals surface area contributed by atoms with Crippen LogP contribution >= 0.6 is 0 Å². The fourth-order valence-corrected chi connectivity index (χ4v) is 3.46. The van der Waals surface area contributed by atoms with Crippen molar-refractivity contribution in [1.82, 2.24) is 5.32 Å². The van der Waals surface area contributed by atoms with E-state index < -0.39 is 42.2 Å². The van der Waals surface area contributed by atoms with Crippen molar-refractivity contribution < 1.29 is 54.2 Å². The summed E-state index contributed by atoms with van der Waals surface area (Å²) in [4.78, 5) is 46.8. The van der Waals surface area contributed by atoms with Crippen LogP contribution in [0.15, 0.2) is 78.9 Å². The molecule has 12 nitrogen and oxygen atoms in total. The number of aliphatic hydroxyl groups is 2. The summed E-state index contributed by atoms with van der Waals surface area (Å²) in [7, 11) is 0. The van der Waals surface area contributed by atoms with Crippen LogP contribution < -0.4 is 5.32 Å². The molecule has 0 saturated carbocycles. The van der Waals surface area contributed by atoms with Crippen molar-refractivity contribution in [3.8, 4) is 5.75 Å². The van der Waals surface area contributed by atoms with E-state index >= 15 is 0 Å². The number of aliphatic carboxylic acids is 2. The second-order valence-electron chi connectivity index (χ2n) is 10.3. The molecule has 0 bridgehead atoms. The first kappa shape index (κ1) is 34.4. The van der Waals surface area contributed by atoms with E-state index in [1.54, 1.807) is 24.3 Å². The van der Waals surface area contributed by atoms with E-state index in [-0.39, 0.29) is 29.0 Å². The summed E-state index contributed by atoms with van der Waals surface area (Å²) in [5, 5.41) is 50.1. The molecular weight excluding hydrogens is 562 g/mol. The van der Waals surface area contributed by atoms with Gasteiger partial charge in [0, 0.05) is 17.6 Å². The molecule has 0 spiro atoms. The van der Waals surface area contributed by atoms with Crippen LogP contribution in [0.1, 0.15) is 58.7 Å². The molecule has 0 aliphatic rings. The van der Waals surface area contributed by atoms with E-state index in [0.717, 1.165) is 0 Å². The van der Waals surface area contributed by atoms with Gasteiger partial charge in [0.1, 0.15) is 5.75 Å². The lowest BCUT2D eigenvalue weighted by Gasteiger charge is -2.23. The third kappa shape index (κ3) is 11.2. The van der Waals surface area contributed by atoms with Crippen molar-refractivity contribution in [3.05, 3.63) is 101 Å². The van der Waals surface area contributed by atoms with Gasteiger partial charge in [-0.25, -0.2) is 19.2 Å². The highest BCUT2D eigenvalue weighted by Crippen LogP contribution is 2.22. The molecule has 0 aliphatic heterocycles. The molecule has 230 valence electrons. The minimum absolute atomic E-state index is 0.0253. The zero-order chi connectivity index (χ0) is 32.2. The van der Waals surface area contributed by atoms with Crippen LogP contribution in [0, 0.1) is 0 Å². The number of carboxylic acid groups (broad SMARTS) is 2. The highest BCUT2D eigenvalue weighted by atomic mass is 16.6. The van der Waals surface area contributed by atoms with Crippen LogP contribution in [0.4, 0.5) is 0 Å². The zero-order valence-electron chi connectivity index (χ0n) is 23.8. The lowest BCUT2D eigenvalue weighted by atomic mass is 10.0. The van der Waals surface area contributed by atoms with Gasteiger partial charge in [-0.15, -0.1) is 0 Å². The number of hydrogen-bond donors (Lipinski definition) is 6. The Bertz CT molecular complexity index is 1300. The third-order valence-electron chi connectivity index (χ3n) is 5.73. The molecule has 3 atom stereocenters. The molecule has 3 aromatic rings. The van der Waals surface area contributed by atoms with E-state index in [2.05, 4.69) is 5.32 Å². The summed E-state index contributed by atoms with van der Waals surface area (Å²) in [6.45, 7) is 6.26. The number of aliphatic hydroxyl groups excluding tert-OH is 2. The molecule has 0 saturated heterocycles. The van der Waals surface area contributed by atoms with Gasteiger partial charge in [-0.1, -0.05) is 42.5 Å². The third-order valence-corrected chi connectivity index (χ3v) is 5.73. The second kappa shape index (κ2) is 16.0. The Labute approximate surface area is 248 Å². The first-order valence-corrected chi connectivity index (χ1v) is 13.1. The smallest absolute Gasteiger partial charge is 0.349 e. The fraction of sp³-hybridized carbons (Fsp3) is 0.290. The van der Waals surface area contributed by atoms with Gasteiger partial charge in [-0.2, -0.15) is 0 Å². The summed E-state index contributed by atoms with van der Waals surface area (Å²) in [6, 6.07) is 19.6. The fourth-order valence-electron chi connectivity index (χ4n) is 3.46. The molecule has 0 heterocycles. The number of aromatic hydroxyl groups is 1. The summed E-state index contributed by atoms with van der Waals surface area (Å²) < 4.78 is 9.52. The van der Waals surface area contributed by atoms with Crippen molar-refractivity contribution in [3.63, 3.8) is 0 Å². The molecule has 0 fully saturated rings. The van der Waals surface area contributed by atoms with Gasteiger partial charge in [-0.3, -0.25) is 0 Å². The highest BCUT2D eigenvalue weighted by molar-refractivity contribution is 5.95. The second-order valence-corrected chi connectivity index (χ2v) is 10.3. The quantitative estimate of drug-likeness (QED) is 0.177. The number of carbonyl (C=O) groups excluding carboxylic acids is 2. The van der Waals surface area contributed by atoms with E-state index in [1.807, 2.05) is 20.8 Å². The van der Waals surface area contributed by atoms with E-state index in [9.17, 15) is 39.6 Å². The molecule has 0 radical (unpaired) electrons. The molecule has 0 aromatic heterocycles. The SMILES string of the molecule is CC(C)(C)NC[C@H](O)c1ccc(O)c(CO)c1.O=C(OC(C(=O)O)C(OC(=O)c1ccccc1)C(=O)O)c1ccccc1. The number of phenols is 1. The Morgan fingerprint density at radius 1 is 0.767 bits per heavy atom. The predicted molar refractivity (Wildman–Crippen MR) is 153 cm³/mol. The van der Waals surface area contributed by atoms with Gasteiger partial charge < -0.3 is 40.3 Å². The number of benzene rings is 3. The van der Waals surface area contributed by atoms with Crippen LogP contribution in [-0.4, -0.2) is 73.7 Å². The Hall–Kier alpha value is -4.78. The summed E-state index contributed by atoms with van der Waals surface area (Å²) in [6.07, 6.45) is -5.08. The van der Waals surface area contributed by atoms with Gasteiger partial charge in [0.05, 0.1) is 23.8 Å². The van der Waals surface area contributed by atoms with Gasteiger partial charge in [-0.05, 0) is 62.7 Å². The number of nitrogens with one attached hydrogen (secondary N) is 1. The van der Waals surface area contributed by atoms with Gasteiger partial charge in [0.2, 0.25) is 12.2 Å². The van der Waals surface area contributed by atoms with E-state index in [0.29, 0.717) is 17.7 Å². The van der Waals surface area contributed by atoms with Crippen molar-refractivity contribution in [2.75, 3.05) is 6.54 Å². The number of β-amino-alcohol motifs (C(OH)–C–C–N with tert-alkyl or cyclic N) is 1. The molecule has 43 heavy (non-hydrogen) atoms. The Kier molecular flexibility index (Phi) is 12.8.